The molecule has 1 amide bonds. The number of amides is 1. The van der Waals surface area contributed by atoms with Crippen molar-refractivity contribution in [3.8, 4) is 0 Å². The minimum Gasteiger partial charge on any atom is -0.427 e. The van der Waals surface area contributed by atoms with Crippen molar-refractivity contribution >= 4 is 13.0 Å². The van der Waals surface area contributed by atoms with Crippen LogP contribution in [0, 0.1) is 5.92 Å². The third-order valence-electron chi connectivity index (χ3n) is 3.10. The molecule has 1 unspecified atom stereocenters. The van der Waals surface area contributed by atoms with E-state index in [1.807, 2.05) is 0 Å². The lowest BCUT2D eigenvalue weighted by Crippen LogP contribution is -2.53. The van der Waals surface area contributed by atoms with Crippen molar-refractivity contribution in [2.75, 3.05) is 13.1 Å². The Labute approximate surface area is 102 Å². The van der Waals surface area contributed by atoms with Crippen LogP contribution in [0.1, 0.15) is 19.8 Å². The molecule has 0 aliphatic carbocycles. The first-order valence-electron chi connectivity index (χ1n) is 6.06. The molecule has 1 heterocycles. The SMILES string of the molecule is CC(N)C(=O)N1C[C@@H](N)C[C@H](CCB(O)O)C1. The third kappa shape index (κ3) is 4.63. The molecule has 0 bridgehead atoms. The molecular formula is C10H22BN3O3. The molecule has 0 aromatic rings. The molecule has 98 valence electrons. The van der Waals surface area contributed by atoms with E-state index < -0.39 is 13.2 Å². The Hall–Kier alpha value is -0.625. The molecule has 0 saturated carbocycles. The van der Waals surface area contributed by atoms with E-state index in [1.165, 1.54) is 0 Å². The van der Waals surface area contributed by atoms with Crippen LogP contribution in [0.15, 0.2) is 0 Å². The van der Waals surface area contributed by atoms with Gasteiger partial charge in [-0.15, -0.1) is 0 Å². The molecule has 1 aliphatic heterocycles. The van der Waals surface area contributed by atoms with Crippen molar-refractivity contribution in [2.45, 2.75) is 38.2 Å². The molecule has 6 N–H and O–H groups in total. The Bertz CT molecular complexity index is 263. The fourth-order valence-corrected chi connectivity index (χ4v) is 2.31. The molecule has 1 rings (SSSR count). The normalized spacial score (nSPS) is 26.8. The summed E-state index contributed by atoms with van der Waals surface area (Å²) in [6, 6.07) is -0.559. The van der Waals surface area contributed by atoms with Crippen molar-refractivity contribution < 1.29 is 14.8 Å². The van der Waals surface area contributed by atoms with Gasteiger partial charge >= 0.3 is 7.12 Å². The summed E-state index contributed by atoms with van der Waals surface area (Å²) < 4.78 is 0. The molecule has 1 fully saturated rings. The second-order valence-corrected chi connectivity index (χ2v) is 4.95. The van der Waals surface area contributed by atoms with Gasteiger partial charge in [-0.2, -0.15) is 0 Å². The van der Waals surface area contributed by atoms with E-state index in [9.17, 15) is 4.79 Å². The maximum absolute atomic E-state index is 11.8. The molecule has 6 nitrogen and oxygen atoms in total. The van der Waals surface area contributed by atoms with Gasteiger partial charge in [-0.3, -0.25) is 4.79 Å². The molecular weight excluding hydrogens is 221 g/mol. The van der Waals surface area contributed by atoms with Gasteiger partial charge in [-0.05, 0) is 25.6 Å². The molecule has 0 aromatic heterocycles. The number of nitrogens with two attached hydrogens (primary N) is 2. The van der Waals surface area contributed by atoms with Gasteiger partial charge in [0.25, 0.3) is 0 Å². The van der Waals surface area contributed by atoms with Crippen LogP contribution in [0.5, 0.6) is 0 Å². The van der Waals surface area contributed by atoms with Crippen LogP contribution >= 0.6 is 0 Å². The van der Waals surface area contributed by atoms with Gasteiger partial charge in [0.15, 0.2) is 0 Å². The van der Waals surface area contributed by atoms with Gasteiger partial charge in [-0.1, -0.05) is 6.42 Å². The predicted molar refractivity (Wildman–Crippen MR) is 65.9 cm³/mol. The summed E-state index contributed by atoms with van der Waals surface area (Å²) in [6.45, 7) is 2.81. The molecule has 0 radical (unpaired) electrons. The zero-order valence-corrected chi connectivity index (χ0v) is 10.2. The molecule has 17 heavy (non-hydrogen) atoms. The van der Waals surface area contributed by atoms with E-state index >= 15 is 0 Å². The lowest BCUT2D eigenvalue weighted by Gasteiger charge is -2.37. The Morgan fingerprint density at radius 1 is 1.53 bits per heavy atom. The maximum Gasteiger partial charge on any atom is 0.451 e. The second kappa shape index (κ2) is 6.35. The molecule has 0 spiro atoms. The zero-order chi connectivity index (χ0) is 13.0. The highest BCUT2D eigenvalue weighted by Crippen LogP contribution is 2.21. The quantitative estimate of drug-likeness (QED) is 0.443. The van der Waals surface area contributed by atoms with Crippen molar-refractivity contribution in [3.63, 3.8) is 0 Å². The maximum atomic E-state index is 11.8. The van der Waals surface area contributed by atoms with E-state index in [-0.39, 0.29) is 17.9 Å². The first-order chi connectivity index (χ1) is 7.90. The summed E-state index contributed by atoms with van der Waals surface area (Å²) in [5.41, 5.74) is 11.5. The van der Waals surface area contributed by atoms with Crippen LogP contribution in [0.4, 0.5) is 0 Å². The van der Waals surface area contributed by atoms with Crippen LogP contribution in [0.2, 0.25) is 6.32 Å². The fraction of sp³-hybridized carbons (Fsp3) is 0.900. The predicted octanol–water partition coefficient (Wildman–Crippen LogP) is -1.63. The Balaban J connectivity index is 2.50. The lowest BCUT2D eigenvalue weighted by atomic mass is 9.78. The standard InChI is InChI=1S/C10H22BN3O3/c1-7(12)10(15)14-5-8(2-3-11(16)17)4-9(13)6-14/h7-9,16-17H,2-6,12-13H2,1H3/t7?,8-,9-/m0/s1. The van der Waals surface area contributed by atoms with Crippen molar-refractivity contribution in [3.05, 3.63) is 0 Å². The largest absolute Gasteiger partial charge is 0.451 e. The summed E-state index contributed by atoms with van der Waals surface area (Å²) in [6.07, 6.45) is 1.79. The van der Waals surface area contributed by atoms with Crippen LogP contribution in [-0.4, -0.2) is 53.1 Å². The molecule has 7 heteroatoms. The summed E-state index contributed by atoms with van der Waals surface area (Å²) >= 11 is 0. The van der Waals surface area contributed by atoms with Crippen LogP contribution in [0.3, 0.4) is 0 Å². The molecule has 1 aliphatic rings. The van der Waals surface area contributed by atoms with Gasteiger partial charge in [0.1, 0.15) is 0 Å². The van der Waals surface area contributed by atoms with Gasteiger partial charge in [0.2, 0.25) is 5.91 Å². The van der Waals surface area contributed by atoms with Crippen LogP contribution in [0.25, 0.3) is 0 Å². The molecule has 1 saturated heterocycles. The smallest absolute Gasteiger partial charge is 0.427 e. The number of carbonyl (C=O) groups excluding carboxylic acids is 1. The summed E-state index contributed by atoms with van der Waals surface area (Å²) in [5.74, 6) is 0.137. The highest BCUT2D eigenvalue weighted by molar-refractivity contribution is 6.40. The zero-order valence-electron chi connectivity index (χ0n) is 10.2. The van der Waals surface area contributed by atoms with Gasteiger partial charge in [0.05, 0.1) is 6.04 Å². The topological polar surface area (TPSA) is 113 Å². The van der Waals surface area contributed by atoms with E-state index in [2.05, 4.69) is 0 Å². The van der Waals surface area contributed by atoms with Gasteiger partial charge in [-0.25, -0.2) is 0 Å². The Morgan fingerprint density at radius 3 is 2.71 bits per heavy atom. The molecule has 0 aromatic carbocycles. The summed E-state index contributed by atoms with van der Waals surface area (Å²) in [5, 5.41) is 17.7. The summed E-state index contributed by atoms with van der Waals surface area (Å²) in [7, 11) is -1.29. The van der Waals surface area contributed by atoms with E-state index in [1.54, 1.807) is 11.8 Å². The monoisotopic (exact) mass is 243 g/mol. The number of rotatable bonds is 4. The van der Waals surface area contributed by atoms with E-state index in [4.69, 9.17) is 21.5 Å². The number of carbonyl (C=O) groups is 1. The number of hydrogen-bond acceptors (Lipinski definition) is 5. The first kappa shape index (κ1) is 14.4. The second-order valence-electron chi connectivity index (χ2n) is 4.95. The number of likely N-dealkylation sites (tertiary alicyclic amines) is 1. The minimum absolute atomic E-state index is 0.0488. The van der Waals surface area contributed by atoms with Crippen molar-refractivity contribution in [1.29, 1.82) is 0 Å². The third-order valence-corrected chi connectivity index (χ3v) is 3.10. The number of piperidine rings is 1. The first-order valence-corrected chi connectivity index (χ1v) is 6.06. The van der Waals surface area contributed by atoms with Gasteiger partial charge < -0.3 is 26.4 Å². The van der Waals surface area contributed by atoms with Gasteiger partial charge in [0, 0.05) is 19.1 Å². The van der Waals surface area contributed by atoms with Crippen molar-refractivity contribution in [1.82, 2.24) is 4.90 Å². The summed E-state index contributed by atoms with van der Waals surface area (Å²) in [4.78, 5) is 13.5. The van der Waals surface area contributed by atoms with E-state index in [0.717, 1.165) is 6.42 Å². The van der Waals surface area contributed by atoms with E-state index in [0.29, 0.717) is 25.8 Å². The van der Waals surface area contributed by atoms with Crippen molar-refractivity contribution in [2.24, 2.45) is 17.4 Å². The average molecular weight is 243 g/mol. The van der Waals surface area contributed by atoms with Crippen LogP contribution < -0.4 is 11.5 Å². The highest BCUT2D eigenvalue weighted by atomic mass is 16.4. The Kier molecular flexibility index (Phi) is 5.39. The minimum atomic E-state index is -1.29. The Morgan fingerprint density at radius 2 is 2.18 bits per heavy atom. The molecule has 3 atom stereocenters. The van der Waals surface area contributed by atoms with Crippen LogP contribution in [-0.2, 0) is 4.79 Å². The highest BCUT2D eigenvalue weighted by Gasteiger charge is 2.29. The number of nitrogens with zero attached hydrogens (tertiary/aromatic N) is 1. The lowest BCUT2D eigenvalue weighted by molar-refractivity contribution is -0.134. The fourth-order valence-electron chi connectivity index (χ4n) is 2.31. The number of hydrogen-bond donors (Lipinski definition) is 4. The average Bonchev–Trinajstić information content (AvgIpc) is 2.24.